The smallest absolute Gasteiger partial charge is 0.0480 e. The second-order valence-electron chi connectivity index (χ2n) is 5.27. The summed E-state index contributed by atoms with van der Waals surface area (Å²) in [6.45, 7) is 6.61. The van der Waals surface area contributed by atoms with Gasteiger partial charge in [0.25, 0.3) is 0 Å². The molecule has 0 heterocycles. The summed E-state index contributed by atoms with van der Waals surface area (Å²) in [6.07, 6.45) is 3.82. The van der Waals surface area contributed by atoms with E-state index in [-0.39, 0.29) is 0 Å². The maximum absolute atomic E-state index is 3.70. The lowest BCUT2D eigenvalue weighted by molar-refractivity contribution is 0.191. The van der Waals surface area contributed by atoms with Gasteiger partial charge in [0.2, 0.25) is 0 Å². The van der Waals surface area contributed by atoms with Crippen LogP contribution in [-0.2, 0) is 6.42 Å². The van der Waals surface area contributed by atoms with Crippen molar-refractivity contribution >= 4 is 0 Å². The molecule has 0 saturated heterocycles. The zero-order valence-corrected chi connectivity index (χ0v) is 11.9. The van der Waals surface area contributed by atoms with E-state index in [0.717, 1.165) is 13.1 Å². The Labute approximate surface area is 111 Å². The lowest BCUT2D eigenvalue weighted by Crippen LogP contribution is -2.42. The van der Waals surface area contributed by atoms with Crippen molar-refractivity contribution in [2.24, 2.45) is 0 Å². The Kier molecular flexibility index (Phi) is 4.79. The summed E-state index contributed by atoms with van der Waals surface area (Å²) in [4.78, 5) is 2.50. The lowest BCUT2D eigenvalue weighted by atomic mass is 9.95. The van der Waals surface area contributed by atoms with Crippen molar-refractivity contribution in [3.05, 3.63) is 35.4 Å². The van der Waals surface area contributed by atoms with Crippen molar-refractivity contribution in [1.82, 2.24) is 10.2 Å². The molecule has 1 aromatic rings. The van der Waals surface area contributed by atoms with Crippen LogP contribution in [-0.4, -0.2) is 31.1 Å². The molecular formula is C16H26N2. The Morgan fingerprint density at radius 2 is 2.06 bits per heavy atom. The zero-order valence-electron chi connectivity index (χ0n) is 11.9. The third-order valence-corrected chi connectivity index (χ3v) is 4.21. The van der Waals surface area contributed by atoms with Crippen molar-refractivity contribution in [2.45, 2.75) is 45.2 Å². The summed E-state index contributed by atoms with van der Waals surface area (Å²) in [6, 6.07) is 10.1. The highest BCUT2D eigenvalue weighted by atomic mass is 15.2. The summed E-state index contributed by atoms with van der Waals surface area (Å²) < 4.78 is 0. The third kappa shape index (κ3) is 2.76. The molecule has 1 N–H and O–H groups in total. The number of aryl methyl sites for hydroxylation is 1. The number of hydrogen-bond acceptors (Lipinski definition) is 2. The number of likely N-dealkylation sites (N-methyl/N-ethyl adjacent to an activating group) is 2. The number of nitrogens with one attached hydrogen (secondary N) is 1. The molecule has 18 heavy (non-hydrogen) atoms. The van der Waals surface area contributed by atoms with Crippen LogP contribution in [0.5, 0.6) is 0 Å². The van der Waals surface area contributed by atoms with Gasteiger partial charge >= 0.3 is 0 Å². The Bertz CT molecular complexity index is 375. The number of fused-ring (bicyclic) bond motifs is 1. The van der Waals surface area contributed by atoms with Gasteiger partial charge in [-0.2, -0.15) is 0 Å². The van der Waals surface area contributed by atoms with E-state index in [0.29, 0.717) is 12.1 Å². The molecule has 0 aliphatic heterocycles. The van der Waals surface area contributed by atoms with Crippen LogP contribution in [0, 0.1) is 0 Å². The molecule has 2 atom stereocenters. The van der Waals surface area contributed by atoms with E-state index in [1.165, 1.54) is 30.4 Å². The molecule has 1 aliphatic carbocycles. The summed E-state index contributed by atoms with van der Waals surface area (Å²) in [5.41, 5.74) is 3.05. The molecule has 0 spiro atoms. The molecule has 2 rings (SSSR count). The van der Waals surface area contributed by atoms with Crippen LogP contribution in [0.25, 0.3) is 0 Å². The van der Waals surface area contributed by atoms with Gasteiger partial charge in [0.05, 0.1) is 0 Å². The monoisotopic (exact) mass is 246 g/mol. The van der Waals surface area contributed by atoms with Crippen LogP contribution in [0.15, 0.2) is 24.3 Å². The Hall–Kier alpha value is -0.860. The first-order valence-electron chi connectivity index (χ1n) is 7.29. The highest BCUT2D eigenvalue weighted by Crippen LogP contribution is 2.31. The molecule has 0 fully saturated rings. The van der Waals surface area contributed by atoms with E-state index in [4.69, 9.17) is 0 Å². The third-order valence-electron chi connectivity index (χ3n) is 4.21. The molecule has 1 aromatic carbocycles. The molecule has 2 unspecified atom stereocenters. The van der Waals surface area contributed by atoms with Crippen LogP contribution in [0.1, 0.15) is 43.9 Å². The predicted octanol–water partition coefficient (Wildman–Crippen LogP) is 2.99. The van der Waals surface area contributed by atoms with Gasteiger partial charge in [-0.25, -0.2) is 0 Å². The summed E-state index contributed by atoms with van der Waals surface area (Å²) >= 11 is 0. The minimum atomic E-state index is 0.485. The minimum absolute atomic E-state index is 0.485. The van der Waals surface area contributed by atoms with Crippen LogP contribution in [0.3, 0.4) is 0 Å². The molecule has 0 saturated carbocycles. The molecule has 0 bridgehead atoms. The maximum Gasteiger partial charge on any atom is 0.0480 e. The van der Waals surface area contributed by atoms with Gasteiger partial charge in [0, 0.05) is 12.1 Å². The first kappa shape index (κ1) is 13.6. The fourth-order valence-electron chi connectivity index (χ4n) is 3.12. The number of nitrogens with zero attached hydrogens (tertiary/aromatic N) is 1. The number of benzene rings is 1. The molecule has 2 heteroatoms. The average Bonchev–Trinajstić information content (AvgIpc) is 2.59. The van der Waals surface area contributed by atoms with Crippen molar-refractivity contribution in [3.8, 4) is 0 Å². The van der Waals surface area contributed by atoms with Crippen LogP contribution < -0.4 is 5.32 Å². The van der Waals surface area contributed by atoms with Gasteiger partial charge in [0.15, 0.2) is 0 Å². The fourth-order valence-corrected chi connectivity index (χ4v) is 3.12. The van der Waals surface area contributed by atoms with E-state index in [1.54, 1.807) is 0 Å². The van der Waals surface area contributed by atoms with E-state index < -0.39 is 0 Å². The quantitative estimate of drug-likeness (QED) is 0.822. The summed E-state index contributed by atoms with van der Waals surface area (Å²) in [5, 5.41) is 3.70. The molecule has 100 valence electrons. The average molecular weight is 246 g/mol. The number of hydrogen-bond donors (Lipinski definition) is 1. The normalized spacial score (nSPS) is 23.8. The van der Waals surface area contributed by atoms with Gasteiger partial charge in [-0.05, 0) is 50.5 Å². The first-order chi connectivity index (χ1) is 8.77. The Balaban J connectivity index is 2.33. The molecule has 2 nitrogen and oxygen atoms in total. The van der Waals surface area contributed by atoms with Gasteiger partial charge < -0.3 is 10.2 Å². The summed E-state index contributed by atoms with van der Waals surface area (Å²) in [7, 11) is 2.25. The lowest BCUT2D eigenvalue weighted by Gasteiger charge is -2.34. The van der Waals surface area contributed by atoms with Crippen molar-refractivity contribution < 1.29 is 0 Å². The van der Waals surface area contributed by atoms with Crippen molar-refractivity contribution in [3.63, 3.8) is 0 Å². The van der Waals surface area contributed by atoms with E-state index in [9.17, 15) is 0 Å². The standard InChI is InChI=1S/C16H26N2/c1-4-17-16-14-11-7-6-9-13(14)10-8-12-15(16)18(3)5-2/h6-7,9,11,15-17H,4-5,8,10,12H2,1-3H3. The zero-order chi connectivity index (χ0) is 13.0. The van der Waals surface area contributed by atoms with Gasteiger partial charge in [0.1, 0.15) is 0 Å². The number of rotatable bonds is 4. The van der Waals surface area contributed by atoms with Crippen molar-refractivity contribution in [1.29, 1.82) is 0 Å². The molecule has 0 amide bonds. The van der Waals surface area contributed by atoms with E-state index in [1.807, 2.05) is 0 Å². The largest absolute Gasteiger partial charge is 0.309 e. The first-order valence-corrected chi connectivity index (χ1v) is 7.29. The highest BCUT2D eigenvalue weighted by Gasteiger charge is 2.28. The van der Waals surface area contributed by atoms with Gasteiger partial charge in [-0.1, -0.05) is 38.1 Å². The minimum Gasteiger partial charge on any atom is -0.309 e. The predicted molar refractivity (Wildman–Crippen MR) is 77.9 cm³/mol. The van der Waals surface area contributed by atoms with E-state index >= 15 is 0 Å². The fraction of sp³-hybridized carbons (Fsp3) is 0.625. The molecular weight excluding hydrogens is 220 g/mol. The second kappa shape index (κ2) is 6.35. The van der Waals surface area contributed by atoms with Crippen LogP contribution >= 0.6 is 0 Å². The van der Waals surface area contributed by atoms with E-state index in [2.05, 4.69) is 55.4 Å². The highest BCUT2D eigenvalue weighted by molar-refractivity contribution is 5.32. The topological polar surface area (TPSA) is 15.3 Å². The SMILES string of the molecule is CCNC1c2ccccc2CCCC1N(C)CC. The van der Waals surface area contributed by atoms with Gasteiger partial charge in [-0.15, -0.1) is 0 Å². The van der Waals surface area contributed by atoms with Gasteiger partial charge in [-0.3, -0.25) is 0 Å². The molecule has 1 aliphatic rings. The Morgan fingerprint density at radius 3 is 2.78 bits per heavy atom. The Morgan fingerprint density at radius 1 is 1.28 bits per heavy atom. The van der Waals surface area contributed by atoms with Crippen molar-refractivity contribution in [2.75, 3.05) is 20.1 Å². The van der Waals surface area contributed by atoms with Crippen LogP contribution in [0.2, 0.25) is 0 Å². The maximum atomic E-state index is 3.70. The molecule has 0 aromatic heterocycles. The molecule has 0 radical (unpaired) electrons. The van der Waals surface area contributed by atoms with Crippen LogP contribution in [0.4, 0.5) is 0 Å². The summed E-state index contributed by atoms with van der Waals surface area (Å²) in [5.74, 6) is 0. The second-order valence-corrected chi connectivity index (χ2v) is 5.27.